The highest BCUT2D eigenvalue weighted by Crippen LogP contribution is 2.36. The number of hydrogen-bond acceptors (Lipinski definition) is 12. The Hall–Kier alpha value is -4.33. The molecule has 40 heavy (non-hydrogen) atoms. The molecule has 0 amide bonds. The molecular weight excluding hydrogens is 530 g/mol. The predicted molar refractivity (Wildman–Crippen MR) is 135 cm³/mol. The lowest BCUT2D eigenvalue weighted by molar-refractivity contribution is -0.385. The SMILES string of the molecule is CC(=O)OC[C@H]1O[C@@H](n2nc(C)c(Cc3ccccc3[N+](=O)[O-])c2C)[C@H](OC(C)=O)[C@@H](OC(C)=O)[C@@H]1OC(C)=O. The summed E-state index contributed by atoms with van der Waals surface area (Å²) in [6, 6.07) is 6.31. The number of esters is 4. The molecule has 2 heterocycles. The number of ether oxygens (including phenoxy) is 5. The summed E-state index contributed by atoms with van der Waals surface area (Å²) >= 11 is 0. The minimum atomic E-state index is -1.35. The van der Waals surface area contributed by atoms with E-state index in [1.807, 2.05) is 0 Å². The van der Waals surface area contributed by atoms with Gasteiger partial charge in [-0.2, -0.15) is 5.10 Å². The molecule has 1 aliphatic heterocycles. The molecule has 216 valence electrons. The standard InChI is InChI=1S/C26H31N3O11/c1-13-20(11-19-9-7-8-10-21(19)29(34)35)14(2)28(27-13)26-25(39-18(6)33)24(38-17(5)32)23(37-16(4)31)22(40-26)12-36-15(3)30/h7-10,22-26H,11-12H2,1-6H3/t22-,23-,24+,25-,26-/m1/s1. The van der Waals surface area contributed by atoms with E-state index in [1.54, 1.807) is 32.0 Å². The predicted octanol–water partition coefficient (Wildman–Crippen LogP) is 2.25. The van der Waals surface area contributed by atoms with Gasteiger partial charge < -0.3 is 23.7 Å². The highest BCUT2D eigenvalue weighted by molar-refractivity contribution is 5.68. The number of carbonyl (C=O) groups excluding carboxylic acids is 4. The molecule has 0 bridgehead atoms. The van der Waals surface area contributed by atoms with E-state index in [-0.39, 0.29) is 18.7 Å². The van der Waals surface area contributed by atoms with Crippen LogP contribution in [-0.4, -0.2) is 69.6 Å². The topological polar surface area (TPSA) is 175 Å². The third-order valence-corrected chi connectivity index (χ3v) is 6.24. The molecule has 5 atom stereocenters. The molecule has 0 aliphatic carbocycles. The summed E-state index contributed by atoms with van der Waals surface area (Å²) in [5, 5.41) is 16.1. The van der Waals surface area contributed by atoms with Gasteiger partial charge in [-0.1, -0.05) is 18.2 Å². The van der Waals surface area contributed by atoms with Crippen molar-refractivity contribution in [3.63, 3.8) is 0 Å². The van der Waals surface area contributed by atoms with Crippen LogP contribution in [0.15, 0.2) is 24.3 Å². The van der Waals surface area contributed by atoms with Gasteiger partial charge in [0.05, 0.1) is 10.6 Å². The third-order valence-electron chi connectivity index (χ3n) is 6.24. The van der Waals surface area contributed by atoms with E-state index in [9.17, 15) is 29.3 Å². The zero-order valence-electron chi connectivity index (χ0n) is 22.9. The van der Waals surface area contributed by atoms with Gasteiger partial charge in [0.15, 0.2) is 24.5 Å². The maximum absolute atomic E-state index is 12.2. The Morgan fingerprint density at radius 3 is 2.08 bits per heavy atom. The molecule has 1 aromatic heterocycles. The van der Waals surface area contributed by atoms with Crippen LogP contribution in [-0.2, 0) is 49.3 Å². The summed E-state index contributed by atoms with van der Waals surface area (Å²) in [4.78, 5) is 58.9. The molecule has 2 aromatic rings. The Balaban J connectivity index is 2.12. The Morgan fingerprint density at radius 2 is 1.50 bits per heavy atom. The van der Waals surface area contributed by atoms with Gasteiger partial charge in [0.25, 0.3) is 5.69 Å². The first-order chi connectivity index (χ1) is 18.8. The number of aromatic nitrogens is 2. The highest BCUT2D eigenvalue weighted by Gasteiger charge is 2.53. The molecule has 1 fully saturated rings. The first kappa shape index (κ1) is 30.2. The molecule has 0 spiro atoms. The van der Waals surface area contributed by atoms with E-state index in [2.05, 4.69) is 5.10 Å². The van der Waals surface area contributed by atoms with Crippen molar-refractivity contribution in [3.8, 4) is 0 Å². The zero-order valence-corrected chi connectivity index (χ0v) is 22.9. The van der Waals surface area contributed by atoms with Crippen LogP contribution < -0.4 is 0 Å². The van der Waals surface area contributed by atoms with Crippen LogP contribution in [0.2, 0.25) is 0 Å². The molecule has 0 saturated carbocycles. The fourth-order valence-corrected chi connectivity index (χ4v) is 4.63. The van der Waals surface area contributed by atoms with Crippen LogP contribution in [0.1, 0.15) is 56.4 Å². The number of carbonyl (C=O) groups is 4. The fraction of sp³-hybridized carbons (Fsp3) is 0.500. The van der Waals surface area contributed by atoms with Crippen LogP contribution in [0.25, 0.3) is 0 Å². The van der Waals surface area contributed by atoms with E-state index in [1.165, 1.54) is 17.7 Å². The number of nitro benzene ring substituents is 1. The zero-order chi connectivity index (χ0) is 29.7. The highest BCUT2D eigenvalue weighted by atomic mass is 16.7. The Labute approximate surface area is 229 Å². The average Bonchev–Trinajstić information content (AvgIpc) is 3.13. The van der Waals surface area contributed by atoms with Crippen LogP contribution in [0.3, 0.4) is 0 Å². The van der Waals surface area contributed by atoms with Gasteiger partial charge in [0.1, 0.15) is 12.7 Å². The molecule has 14 nitrogen and oxygen atoms in total. The summed E-state index contributed by atoms with van der Waals surface area (Å²) in [7, 11) is 0. The van der Waals surface area contributed by atoms with E-state index >= 15 is 0 Å². The van der Waals surface area contributed by atoms with Crippen molar-refractivity contribution in [1.82, 2.24) is 9.78 Å². The van der Waals surface area contributed by atoms with Gasteiger partial charge in [-0.3, -0.25) is 29.3 Å². The van der Waals surface area contributed by atoms with Crippen molar-refractivity contribution in [2.45, 2.75) is 78.6 Å². The van der Waals surface area contributed by atoms with E-state index in [0.717, 1.165) is 20.8 Å². The molecule has 0 unspecified atom stereocenters. The summed E-state index contributed by atoms with van der Waals surface area (Å²) in [5.41, 5.74) is 2.10. The van der Waals surface area contributed by atoms with Crippen molar-refractivity contribution >= 4 is 29.6 Å². The number of para-hydroxylation sites is 1. The minimum absolute atomic E-state index is 0.0543. The second-order valence-corrected chi connectivity index (χ2v) is 9.25. The van der Waals surface area contributed by atoms with Crippen molar-refractivity contribution in [1.29, 1.82) is 0 Å². The van der Waals surface area contributed by atoms with Gasteiger partial charge in [-0.05, 0) is 13.8 Å². The minimum Gasteiger partial charge on any atom is -0.463 e. The second-order valence-electron chi connectivity index (χ2n) is 9.25. The van der Waals surface area contributed by atoms with Gasteiger partial charge in [0.2, 0.25) is 0 Å². The first-order valence-corrected chi connectivity index (χ1v) is 12.4. The Bertz CT molecular complexity index is 1300. The number of benzene rings is 1. The molecular formula is C26H31N3O11. The van der Waals surface area contributed by atoms with Crippen molar-refractivity contribution in [2.24, 2.45) is 0 Å². The summed E-state index contributed by atoms with van der Waals surface area (Å²) in [6.07, 6.45) is -6.19. The van der Waals surface area contributed by atoms with Gasteiger partial charge in [-0.15, -0.1) is 0 Å². The lowest BCUT2D eigenvalue weighted by Gasteiger charge is -2.44. The quantitative estimate of drug-likeness (QED) is 0.189. The van der Waals surface area contributed by atoms with Crippen molar-refractivity contribution in [3.05, 3.63) is 56.9 Å². The average molecular weight is 562 g/mol. The smallest absolute Gasteiger partial charge is 0.303 e. The van der Waals surface area contributed by atoms with E-state index < -0.39 is 59.4 Å². The molecule has 0 N–H and O–H groups in total. The van der Waals surface area contributed by atoms with Gasteiger partial charge >= 0.3 is 23.9 Å². The van der Waals surface area contributed by atoms with Gasteiger partial charge in [0, 0.05) is 57.0 Å². The second kappa shape index (κ2) is 12.7. The lowest BCUT2D eigenvalue weighted by Crippen LogP contribution is -2.60. The van der Waals surface area contributed by atoms with Gasteiger partial charge in [-0.25, -0.2) is 4.68 Å². The molecule has 14 heteroatoms. The maximum Gasteiger partial charge on any atom is 0.303 e. The van der Waals surface area contributed by atoms with Crippen LogP contribution in [0, 0.1) is 24.0 Å². The molecule has 1 saturated heterocycles. The van der Waals surface area contributed by atoms with Crippen LogP contribution in [0.5, 0.6) is 0 Å². The normalized spacial score (nSPS) is 22.2. The first-order valence-electron chi connectivity index (χ1n) is 12.4. The summed E-state index contributed by atoms with van der Waals surface area (Å²) in [6.45, 7) is 7.64. The maximum atomic E-state index is 12.2. The van der Waals surface area contributed by atoms with E-state index in [4.69, 9.17) is 23.7 Å². The number of nitro groups is 1. The van der Waals surface area contributed by atoms with Crippen LogP contribution >= 0.6 is 0 Å². The summed E-state index contributed by atoms with van der Waals surface area (Å²) < 4.78 is 29.2. The Morgan fingerprint density at radius 1 is 0.925 bits per heavy atom. The number of rotatable bonds is 9. The van der Waals surface area contributed by atoms with Crippen LogP contribution in [0.4, 0.5) is 5.69 Å². The summed E-state index contributed by atoms with van der Waals surface area (Å²) in [5.74, 6) is -2.86. The Kier molecular flexibility index (Phi) is 9.58. The third kappa shape index (κ3) is 7.00. The molecule has 3 rings (SSSR count). The molecule has 1 aliphatic rings. The number of hydrogen-bond donors (Lipinski definition) is 0. The largest absolute Gasteiger partial charge is 0.463 e. The fourth-order valence-electron chi connectivity index (χ4n) is 4.63. The lowest BCUT2D eigenvalue weighted by atomic mass is 9.96. The number of aryl methyl sites for hydroxylation is 1. The van der Waals surface area contributed by atoms with Crippen molar-refractivity contribution < 1.29 is 47.8 Å². The molecule has 0 radical (unpaired) electrons. The monoisotopic (exact) mass is 561 g/mol. The molecule has 1 aromatic carbocycles. The van der Waals surface area contributed by atoms with Crippen molar-refractivity contribution in [2.75, 3.05) is 6.61 Å². The van der Waals surface area contributed by atoms with E-state index in [0.29, 0.717) is 22.5 Å². The number of nitrogens with zero attached hydrogens (tertiary/aromatic N) is 3.